The number of hydrogen-bond donors (Lipinski definition) is 3. The van der Waals surface area contributed by atoms with Crippen molar-refractivity contribution in [1.82, 2.24) is 15.5 Å². The lowest BCUT2D eigenvalue weighted by Crippen LogP contribution is -2.47. The Kier molecular flexibility index (Phi) is 5.65. The van der Waals surface area contributed by atoms with Gasteiger partial charge in [0.05, 0.1) is 6.54 Å². The number of likely N-dealkylation sites (tertiary alicyclic amines) is 1. The Bertz CT molecular complexity index is 622. The number of amides is 4. The first-order valence-electron chi connectivity index (χ1n) is 8.79. The van der Waals surface area contributed by atoms with Crippen molar-refractivity contribution in [3.8, 4) is 0 Å². The van der Waals surface area contributed by atoms with E-state index in [2.05, 4.69) is 16.0 Å². The first-order chi connectivity index (χ1) is 12.1. The number of imide groups is 1. The zero-order valence-electron chi connectivity index (χ0n) is 14.2. The smallest absolute Gasteiger partial charge is 0.321 e. The summed E-state index contributed by atoms with van der Waals surface area (Å²) in [5.41, 5.74) is 0.802. The van der Waals surface area contributed by atoms with E-state index < -0.39 is 6.03 Å². The monoisotopic (exact) mass is 344 g/mol. The molecule has 7 nitrogen and oxygen atoms in total. The molecule has 1 heterocycles. The Balaban J connectivity index is 1.37. The molecule has 0 atom stereocenters. The quantitative estimate of drug-likeness (QED) is 0.751. The second kappa shape index (κ2) is 8.11. The normalized spacial score (nSPS) is 18.4. The van der Waals surface area contributed by atoms with Gasteiger partial charge < -0.3 is 10.6 Å². The lowest BCUT2D eigenvalue weighted by atomic mass is 9.96. The van der Waals surface area contributed by atoms with Gasteiger partial charge in [-0.05, 0) is 50.9 Å². The third kappa shape index (κ3) is 5.56. The van der Waals surface area contributed by atoms with Crippen molar-refractivity contribution in [3.63, 3.8) is 0 Å². The predicted octanol–water partition coefficient (Wildman–Crippen LogP) is 1.33. The van der Waals surface area contributed by atoms with Crippen LogP contribution < -0.4 is 16.0 Å². The molecule has 4 amide bonds. The van der Waals surface area contributed by atoms with Crippen molar-refractivity contribution in [2.24, 2.45) is 5.92 Å². The summed E-state index contributed by atoms with van der Waals surface area (Å²) in [5.74, 6) is -0.317. The lowest BCUT2D eigenvalue weighted by molar-refractivity contribution is -0.122. The molecule has 1 aromatic rings. The van der Waals surface area contributed by atoms with Gasteiger partial charge in [-0.3, -0.25) is 19.8 Å². The van der Waals surface area contributed by atoms with Crippen LogP contribution in [0, 0.1) is 5.92 Å². The molecule has 2 aliphatic rings. The van der Waals surface area contributed by atoms with Crippen LogP contribution in [0.15, 0.2) is 30.3 Å². The zero-order valence-corrected chi connectivity index (χ0v) is 14.2. The summed E-state index contributed by atoms with van der Waals surface area (Å²) in [5, 5.41) is 8.01. The minimum absolute atomic E-state index is 0.0270. The summed E-state index contributed by atoms with van der Waals surface area (Å²) in [6.07, 6.45) is 3.39. The van der Waals surface area contributed by atoms with E-state index in [4.69, 9.17) is 0 Å². The van der Waals surface area contributed by atoms with Crippen LogP contribution in [0.5, 0.6) is 0 Å². The molecule has 1 aromatic carbocycles. The van der Waals surface area contributed by atoms with Gasteiger partial charge in [-0.2, -0.15) is 0 Å². The molecule has 0 radical (unpaired) electrons. The maximum Gasteiger partial charge on any atom is 0.321 e. The molecule has 2 fully saturated rings. The van der Waals surface area contributed by atoms with Gasteiger partial charge in [0, 0.05) is 17.6 Å². The second-order valence-corrected chi connectivity index (χ2v) is 6.70. The van der Waals surface area contributed by atoms with E-state index in [1.54, 1.807) is 0 Å². The van der Waals surface area contributed by atoms with Gasteiger partial charge >= 0.3 is 6.03 Å². The standard InChI is InChI=1S/C18H24N4O3/c23-16(21-18(25)20-15-6-7-15)12-22-10-8-13(9-11-22)17(24)19-14-4-2-1-3-5-14/h1-5,13,15H,6-12H2,(H,19,24)(H2,20,21,23,25). The van der Waals surface area contributed by atoms with E-state index in [-0.39, 0.29) is 30.3 Å². The average molecular weight is 344 g/mol. The highest BCUT2D eigenvalue weighted by Gasteiger charge is 2.27. The summed E-state index contributed by atoms with van der Waals surface area (Å²) in [6, 6.07) is 9.22. The topological polar surface area (TPSA) is 90.5 Å². The maximum absolute atomic E-state index is 12.3. The molecule has 3 rings (SSSR count). The molecule has 25 heavy (non-hydrogen) atoms. The van der Waals surface area contributed by atoms with E-state index in [9.17, 15) is 14.4 Å². The molecular formula is C18H24N4O3. The van der Waals surface area contributed by atoms with Gasteiger partial charge in [-0.15, -0.1) is 0 Å². The number of urea groups is 1. The lowest BCUT2D eigenvalue weighted by Gasteiger charge is -2.30. The number of carbonyl (C=O) groups is 3. The first kappa shape index (κ1) is 17.4. The molecule has 7 heteroatoms. The Morgan fingerprint density at radius 1 is 1.00 bits per heavy atom. The maximum atomic E-state index is 12.3. The van der Waals surface area contributed by atoms with Gasteiger partial charge in [0.1, 0.15) is 0 Å². The van der Waals surface area contributed by atoms with Crippen LogP contribution in [-0.4, -0.2) is 48.4 Å². The van der Waals surface area contributed by atoms with Crippen LogP contribution in [0.25, 0.3) is 0 Å². The van der Waals surface area contributed by atoms with Crippen molar-refractivity contribution in [3.05, 3.63) is 30.3 Å². The Hall–Kier alpha value is -2.41. The number of rotatable bonds is 5. The fourth-order valence-corrected chi connectivity index (χ4v) is 2.94. The van der Waals surface area contributed by atoms with Crippen LogP contribution in [-0.2, 0) is 9.59 Å². The summed E-state index contributed by atoms with van der Waals surface area (Å²) in [6.45, 7) is 1.53. The molecule has 0 bridgehead atoms. The number of anilines is 1. The minimum Gasteiger partial charge on any atom is -0.335 e. The minimum atomic E-state index is -0.412. The molecule has 3 N–H and O–H groups in total. The van der Waals surface area contributed by atoms with Crippen molar-refractivity contribution >= 4 is 23.5 Å². The first-order valence-corrected chi connectivity index (χ1v) is 8.79. The number of carbonyl (C=O) groups excluding carboxylic acids is 3. The zero-order chi connectivity index (χ0) is 17.6. The summed E-state index contributed by atoms with van der Waals surface area (Å²) < 4.78 is 0. The fraction of sp³-hybridized carbons (Fsp3) is 0.500. The third-order valence-corrected chi connectivity index (χ3v) is 4.53. The van der Waals surface area contributed by atoms with Crippen LogP contribution in [0.4, 0.5) is 10.5 Å². The third-order valence-electron chi connectivity index (χ3n) is 4.53. The van der Waals surface area contributed by atoms with Crippen LogP contribution in [0.2, 0.25) is 0 Å². The number of nitrogens with zero attached hydrogens (tertiary/aromatic N) is 1. The summed E-state index contributed by atoms with van der Waals surface area (Å²) >= 11 is 0. The van der Waals surface area contributed by atoms with E-state index in [1.165, 1.54) is 0 Å². The Labute approximate surface area is 147 Å². The van der Waals surface area contributed by atoms with Crippen molar-refractivity contribution in [2.75, 3.05) is 25.0 Å². The van der Waals surface area contributed by atoms with Crippen LogP contribution in [0.1, 0.15) is 25.7 Å². The molecule has 1 aliphatic carbocycles. The van der Waals surface area contributed by atoms with E-state index >= 15 is 0 Å². The molecule has 1 saturated heterocycles. The SMILES string of the molecule is O=C(CN1CCC(C(=O)Nc2ccccc2)CC1)NC(=O)NC1CC1. The molecule has 0 spiro atoms. The molecule has 134 valence electrons. The molecular weight excluding hydrogens is 320 g/mol. The number of para-hydroxylation sites is 1. The van der Waals surface area contributed by atoms with E-state index in [0.29, 0.717) is 25.9 Å². The highest BCUT2D eigenvalue weighted by molar-refractivity contribution is 5.95. The average Bonchev–Trinajstić information content (AvgIpc) is 3.40. The van der Waals surface area contributed by atoms with E-state index in [0.717, 1.165) is 18.5 Å². The molecule has 0 aromatic heterocycles. The largest absolute Gasteiger partial charge is 0.335 e. The highest BCUT2D eigenvalue weighted by Crippen LogP contribution is 2.19. The second-order valence-electron chi connectivity index (χ2n) is 6.70. The number of benzene rings is 1. The number of piperidine rings is 1. The van der Waals surface area contributed by atoms with Crippen molar-refractivity contribution < 1.29 is 14.4 Å². The van der Waals surface area contributed by atoms with Crippen molar-refractivity contribution in [1.29, 1.82) is 0 Å². The van der Waals surface area contributed by atoms with Crippen LogP contribution in [0.3, 0.4) is 0 Å². The number of hydrogen-bond acceptors (Lipinski definition) is 4. The van der Waals surface area contributed by atoms with Crippen LogP contribution >= 0.6 is 0 Å². The van der Waals surface area contributed by atoms with E-state index in [1.807, 2.05) is 35.2 Å². The van der Waals surface area contributed by atoms with Gasteiger partial charge in [0.2, 0.25) is 11.8 Å². The van der Waals surface area contributed by atoms with Gasteiger partial charge in [0.25, 0.3) is 0 Å². The summed E-state index contributed by atoms with van der Waals surface area (Å²) in [7, 11) is 0. The van der Waals surface area contributed by atoms with Crippen molar-refractivity contribution in [2.45, 2.75) is 31.7 Å². The molecule has 0 unspecified atom stereocenters. The number of nitrogens with one attached hydrogen (secondary N) is 3. The van der Waals surface area contributed by atoms with Gasteiger partial charge in [0.15, 0.2) is 0 Å². The Morgan fingerprint density at radius 2 is 1.68 bits per heavy atom. The predicted molar refractivity (Wildman–Crippen MR) is 93.9 cm³/mol. The van der Waals surface area contributed by atoms with Gasteiger partial charge in [-0.1, -0.05) is 18.2 Å². The molecule has 1 saturated carbocycles. The fourth-order valence-electron chi connectivity index (χ4n) is 2.94. The van der Waals surface area contributed by atoms with Gasteiger partial charge in [-0.25, -0.2) is 4.79 Å². The highest BCUT2D eigenvalue weighted by atomic mass is 16.2. The summed E-state index contributed by atoms with van der Waals surface area (Å²) in [4.78, 5) is 37.7. The Morgan fingerprint density at radius 3 is 2.32 bits per heavy atom. The molecule has 1 aliphatic heterocycles.